The second-order valence-electron chi connectivity index (χ2n) is 7.95. The number of carbonyl (C=O) groups excluding carboxylic acids is 1. The van der Waals surface area contributed by atoms with Crippen LogP contribution in [0.15, 0.2) is 78.9 Å². The van der Waals surface area contributed by atoms with Gasteiger partial charge in [-0.3, -0.25) is 9.69 Å². The second-order valence-corrected chi connectivity index (χ2v) is 8.38. The predicted octanol–water partition coefficient (Wildman–Crippen LogP) is 4.13. The van der Waals surface area contributed by atoms with Crippen LogP contribution in [0.2, 0.25) is 5.02 Å². The van der Waals surface area contributed by atoms with E-state index in [0.29, 0.717) is 28.4 Å². The fraction of sp³-hybridized carbons (Fsp3) is 0.269. The van der Waals surface area contributed by atoms with Crippen molar-refractivity contribution in [3.05, 3.63) is 95.0 Å². The molecule has 0 bridgehead atoms. The molecule has 1 saturated heterocycles. The molecule has 6 heteroatoms. The third kappa shape index (κ3) is 5.88. The van der Waals surface area contributed by atoms with E-state index < -0.39 is 6.10 Å². The number of benzene rings is 3. The fourth-order valence-corrected chi connectivity index (χ4v) is 3.97. The molecule has 5 nitrogen and oxygen atoms in total. The number of nitrogens with zero attached hydrogens (tertiary/aromatic N) is 2. The number of rotatable bonds is 8. The Morgan fingerprint density at radius 2 is 1.47 bits per heavy atom. The lowest BCUT2D eigenvalue weighted by atomic mass is 10.0. The van der Waals surface area contributed by atoms with E-state index in [9.17, 15) is 9.90 Å². The first-order valence-electron chi connectivity index (χ1n) is 10.8. The molecule has 3 aromatic rings. The fourth-order valence-electron chi connectivity index (χ4n) is 3.84. The Morgan fingerprint density at radius 1 is 0.875 bits per heavy atom. The van der Waals surface area contributed by atoms with Crippen LogP contribution in [0.1, 0.15) is 15.9 Å². The minimum atomic E-state index is -0.575. The first-order chi connectivity index (χ1) is 15.6. The first-order valence-corrected chi connectivity index (χ1v) is 11.2. The summed E-state index contributed by atoms with van der Waals surface area (Å²) >= 11 is 5.88. The quantitative estimate of drug-likeness (QED) is 0.523. The van der Waals surface area contributed by atoms with Crippen molar-refractivity contribution in [3.8, 4) is 5.75 Å². The molecule has 1 aliphatic heterocycles. The zero-order chi connectivity index (χ0) is 22.3. The summed E-state index contributed by atoms with van der Waals surface area (Å²) in [6.45, 7) is 4.50. The Hall–Kier alpha value is -2.86. The Balaban J connectivity index is 1.22. The zero-order valence-electron chi connectivity index (χ0n) is 17.9. The standard InChI is InChI=1S/C26H27ClN2O3/c27-22-10-6-20(7-11-22)26(31)21-8-12-25(13-9-21)32-19-24(30)18-28-14-16-29(17-15-28)23-4-2-1-3-5-23/h1-13,24,30H,14-19H2/t24-/m0/s1. The normalized spacial score (nSPS) is 15.4. The number of aliphatic hydroxyl groups is 1. The van der Waals surface area contributed by atoms with Crippen molar-refractivity contribution in [3.63, 3.8) is 0 Å². The van der Waals surface area contributed by atoms with E-state index >= 15 is 0 Å². The summed E-state index contributed by atoms with van der Waals surface area (Å²) in [6, 6.07) is 24.2. The summed E-state index contributed by atoms with van der Waals surface area (Å²) < 4.78 is 5.74. The average Bonchev–Trinajstić information content (AvgIpc) is 2.84. The number of β-amino-alcohol motifs (C(OH)–C–C–N with tert-alkyl or cyclic N) is 1. The van der Waals surface area contributed by atoms with Gasteiger partial charge in [-0.1, -0.05) is 29.8 Å². The van der Waals surface area contributed by atoms with Crippen LogP contribution in [0, 0.1) is 0 Å². The molecule has 0 radical (unpaired) electrons. The first kappa shape index (κ1) is 22.3. The molecular weight excluding hydrogens is 424 g/mol. The summed E-state index contributed by atoms with van der Waals surface area (Å²) in [5.74, 6) is 0.563. The van der Waals surface area contributed by atoms with E-state index in [0.717, 1.165) is 26.2 Å². The number of para-hydroxylation sites is 1. The van der Waals surface area contributed by atoms with Gasteiger partial charge in [-0.15, -0.1) is 0 Å². The summed E-state index contributed by atoms with van der Waals surface area (Å²) in [5.41, 5.74) is 2.41. The molecule has 0 saturated carbocycles. The van der Waals surface area contributed by atoms with Gasteiger partial charge >= 0.3 is 0 Å². The van der Waals surface area contributed by atoms with E-state index in [1.807, 2.05) is 6.07 Å². The molecule has 4 rings (SSSR count). The SMILES string of the molecule is O=C(c1ccc(Cl)cc1)c1ccc(OC[C@@H](O)CN2CCN(c3ccccc3)CC2)cc1. The zero-order valence-corrected chi connectivity index (χ0v) is 18.6. The molecule has 1 N–H and O–H groups in total. The number of ketones is 1. The number of ether oxygens (including phenoxy) is 1. The van der Waals surface area contributed by atoms with Crippen LogP contribution in [0.5, 0.6) is 5.75 Å². The van der Waals surface area contributed by atoms with Gasteiger partial charge in [0, 0.05) is 54.6 Å². The van der Waals surface area contributed by atoms with Gasteiger partial charge in [-0.25, -0.2) is 0 Å². The molecule has 1 fully saturated rings. The molecule has 1 heterocycles. The lowest BCUT2D eigenvalue weighted by Crippen LogP contribution is -2.49. The highest BCUT2D eigenvalue weighted by Gasteiger charge is 2.19. The third-order valence-electron chi connectivity index (χ3n) is 5.63. The maximum absolute atomic E-state index is 12.5. The van der Waals surface area contributed by atoms with Crippen LogP contribution >= 0.6 is 11.6 Å². The van der Waals surface area contributed by atoms with Crippen molar-refractivity contribution in [2.24, 2.45) is 0 Å². The summed E-state index contributed by atoms with van der Waals surface area (Å²) in [6.07, 6.45) is -0.575. The van der Waals surface area contributed by atoms with Crippen LogP contribution in [0.25, 0.3) is 0 Å². The molecule has 1 atom stereocenters. The number of anilines is 1. The van der Waals surface area contributed by atoms with Crippen molar-refractivity contribution in [2.75, 3.05) is 44.2 Å². The number of hydrogen-bond donors (Lipinski definition) is 1. The summed E-state index contributed by atoms with van der Waals surface area (Å²) in [7, 11) is 0. The molecule has 0 amide bonds. The van der Waals surface area contributed by atoms with Gasteiger partial charge in [0.2, 0.25) is 0 Å². The monoisotopic (exact) mass is 450 g/mol. The van der Waals surface area contributed by atoms with Crippen LogP contribution in [0.3, 0.4) is 0 Å². The topological polar surface area (TPSA) is 53.0 Å². The maximum atomic E-state index is 12.5. The van der Waals surface area contributed by atoms with Crippen molar-refractivity contribution in [1.82, 2.24) is 4.90 Å². The second kappa shape index (κ2) is 10.6. The molecule has 0 aliphatic carbocycles. The van der Waals surface area contributed by atoms with Crippen molar-refractivity contribution in [2.45, 2.75) is 6.10 Å². The number of hydrogen-bond acceptors (Lipinski definition) is 5. The molecule has 0 spiro atoms. The lowest BCUT2D eigenvalue weighted by Gasteiger charge is -2.36. The molecule has 166 valence electrons. The molecule has 1 aliphatic rings. The molecule has 3 aromatic carbocycles. The number of carbonyl (C=O) groups is 1. The number of piperazine rings is 1. The summed E-state index contributed by atoms with van der Waals surface area (Å²) in [5, 5.41) is 11.0. The Morgan fingerprint density at radius 3 is 2.09 bits per heavy atom. The van der Waals surface area contributed by atoms with Gasteiger partial charge in [-0.2, -0.15) is 0 Å². The van der Waals surface area contributed by atoms with Crippen LogP contribution in [-0.2, 0) is 0 Å². The van der Waals surface area contributed by atoms with Crippen molar-refractivity contribution < 1.29 is 14.6 Å². The number of aliphatic hydroxyl groups excluding tert-OH is 1. The molecule has 32 heavy (non-hydrogen) atoms. The smallest absolute Gasteiger partial charge is 0.193 e. The van der Waals surface area contributed by atoms with Gasteiger partial charge in [0.15, 0.2) is 5.78 Å². The van der Waals surface area contributed by atoms with E-state index in [1.54, 1.807) is 48.5 Å². The van der Waals surface area contributed by atoms with Crippen LogP contribution in [0.4, 0.5) is 5.69 Å². The third-order valence-corrected chi connectivity index (χ3v) is 5.88. The Bertz CT molecular complexity index is 1000. The maximum Gasteiger partial charge on any atom is 0.193 e. The van der Waals surface area contributed by atoms with E-state index in [2.05, 4.69) is 34.1 Å². The van der Waals surface area contributed by atoms with E-state index in [4.69, 9.17) is 16.3 Å². The largest absolute Gasteiger partial charge is 0.491 e. The van der Waals surface area contributed by atoms with Crippen LogP contribution in [-0.4, -0.2) is 61.2 Å². The Kier molecular flexibility index (Phi) is 7.43. The van der Waals surface area contributed by atoms with Gasteiger partial charge in [0.05, 0.1) is 0 Å². The average molecular weight is 451 g/mol. The van der Waals surface area contributed by atoms with Crippen molar-refractivity contribution in [1.29, 1.82) is 0 Å². The highest BCUT2D eigenvalue weighted by Crippen LogP contribution is 2.18. The Labute approximate surface area is 193 Å². The van der Waals surface area contributed by atoms with Gasteiger partial charge in [0.1, 0.15) is 18.5 Å². The summed E-state index contributed by atoms with van der Waals surface area (Å²) in [4.78, 5) is 17.2. The van der Waals surface area contributed by atoms with Crippen LogP contribution < -0.4 is 9.64 Å². The lowest BCUT2D eigenvalue weighted by molar-refractivity contribution is 0.0663. The van der Waals surface area contributed by atoms with Crippen molar-refractivity contribution >= 4 is 23.1 Å². The predicted molar refractivity (Wildman–Crippen MR) is 128 cm³/mol. The van der Waals surface area contributed by atoms with Gasteiger partial charge < -0.3 is 14.7 Å². The van der Waals surface area contributed by atoms with E-state index in [-0.39, 0.29) is 12.4 Å². The van der Waals surface area contributed by atoms with E-state index in [1.165, 1.54) is 5.69 Å². The molecule has 0 unspecified atom stereocenters. The van der Waals surface area contributed by atoms with Gasteiger partial charge in [0.25, 0.3) is 0 Å². The molecular formula is C26H27ClN2O3. The minimum absolute atomic E-state index is 0.0668. The van der Waals surface area contributed by atoms with Gasteiger partial charge in [-0.05, 0) is 60.7 Å². The minimum Gasteiger partial charge on any atom is -0.491 e. The number of halogens is 1. The highest BCUT2D eigenvalue weighted by atomic mass is 35.5. The highest BCUT2D eigenvalue weighted by molar-refractivity contribution is 6.30. The molecule has 0 aromatic heterocycles.